The number of nitrogens with zero attached hydrogens (tertiary/aromatic N) is 4. The number of nitrogens with one attached hydrogen (secondary N) is 1. The van der Waals surface area contributed by atoms with Crippen molar-refractivity contribution in [3.8, 4) is 0 Å². The zero-order valence-electron chi connectivity index (χ0n) is 14.1. The fourth-order valence-electron chi connectivity index (χ4n) is 1.82. The molecular weight excluding hydrogens is 318 g/mol. The number of anilines is 1. The smallest absolute Gasteiger partial charge is 0.248 e. The van der Waals surface area contributed by atoms with E-state index in [1.807, 2.05) is 27.7 Å². The summed E-state index contributed by atoms with van der Waals surface area (Å²) in [6.45, 7) is 8.27. The van der Waals surface area contributed by atoms with Gasteiger partial charge >= 0.3 is 0 Å². The molecule has 0 amide bonds. The molecule has 0 spiro atoms. The molecule has 2 heterocycles. The molecule has 23 heavy (non-hydrogen) atoms. The van der Waals surface area contributed by atoms with Crippen LogP contribution >= 0.6 is 0 Å². The fraction of sp³-hybridized carbons (Fsp3) is 0.643. The summed E-state index contributed by atoms with van der Waals surface area (Å²) < 4.78 is 29.2. The van der Waals surface area contributed by atoms with E-state index >= 15 is 0 Å². The highest BCUT2D eigenvalue weighted by molar-refractivity contribution is 7.90. The van der Waals surface area contributed by atoms with E-state index < -0.39 is 9.84 Å². The van der Waals surface area contributed by atoms with E-state index in [2.05, 4.69) is 20.6 Å². The monoisotopic (exact) mass is 341 g/mol. The molecule has 0 unspecified atom stereocenters. The first-order valence-electron chi connectivity index (χ1n) is 7.36. The van der Waals surface area contributed by atoms with Crippen LogP contribution in [0.1, 0.15) is 45.5 Å². The number of aryl methyl sites for hydroxylation is 1. The summed E-state index contributed by atoms with van der Waals surface area (Å²) in [4.78, 5) is 4.40. The highest BCUT2D eigenvalue weighted by Crippen LogP contribution is 2.22. The maximum Gasteiger partial charge on any atom is 0.248 e. The van der Waals surface area contributed by atoms with Crippen molar-refractivity contribution in [2.45, 2.75) is 45.7 Å². The molecule has 8 nitrogen and oxygen atoms in total. The molecule has 0 fully saturated rings. The predicted octanol–water partition coefficient (Wildman–Crippen LogP) is 1.78. The molecule has 128 valence electrons. The van der Waals surface area contributed by atoms with E-state index in [0.717, 1.165) is 0 Å². The second kappa shape index (κ2) is 6.31. The Kier molecular flexibility index (Phi) is 4.79. The third-order valence-electron chi connectivity index (χ3n) is 3.18. The van der Waals surface area contributed by atoms with Crippen LogP contribution < -0.4 is 5.32 Å². The largest absolute Gasteiger partial charge is 0.357 e. The van der Waals surface area contributed by atoms with Gasteiger partial charge in [0.1, 0.15) is 21.7 Å². The van der Waals surface area contributed by atoms with Crippen molar-refractivity contribution in [2.24, 2.45) is 0 Å². The summed E-state index contributed by atoms with van der Waals surface area (Å²) in [5, 5.41) is 11.4. The molecule has 2 rings (SSSR count). The van der Waals surface area contributed by atoms with Crippen molar-refractivity contribution in [3.63, 3.8) is 0 Å². The molecule has 9 heteroatoms. The third kappa shape index (κ3) is 5.05. The van der Waals surface area contributed by atoms with Crippen LogP contribution in [-0.2, 0) is 21.8 Å². The third-order valence-corrected chi connectivity index (χ3v) is 4.10. The van der Waals surface area contributed by atoms with Crippen molar-refractivity contribution in [3.05, 3.63) is 24.0 Å². The number of aromatic nitrogens is 4. The molecule has 1 atom stereocenters. The summed E-state index contributed by atoms with van der Waals surface area (Å²) in [5.74, 6) is 1.82. The van der Waals surface area contributed by atoms with Crippen LogP contribution in [0.25, 0.3) is 0 Å². The summed E-state index contributed by atoms with van der Waals surface area (Å²) in [7, 11) is -3.00. The van der Waals surface area contributed by atoms with Crippen LogP contribution in [0.3, 0.4) is 0 Å². The van der Waals surface area contributed by atoms with Crippen molar-refractivity contribution in [1.29, 1.82) is 0 Å². The Balaban J connectivity index is 1.99. The Morgan fingerprint density at radius 2 is 2.09 bits per heavy atom. The van der Waals surface area contributed by atoms with Crippen LogP contribution in [0.4, 0.5) is 5.82 Å². The van der Waals surface area contributed by atoms with Gasteiger partial charge in [0.05, 0.1) is 12.3 Å². The summed E-state index contributed by atoms with van der Waals surface area (Å²) >= 11 is 0. The summed E-state index contributed by atoms with van der Waals surface area (Å²) in [6, 6.07) is 1.58. The second-order valence-corrected chi connectivity index (χ2v) is 8.93. The minimum Gasteiger partial charge on any atom is -0.357 e. The standard InChI is InChI=1S/C14H23N5O3S/c1-10(12-16-13(18-22-12)14(2,3)4)15-11-6-7-19(17-11)8-9-23(5,20)21/h6-7,10H,8-9H2,1-5H3,(H,15,17)/t10-/m1/s1. The normalized spacial score (nSPS) is 14.0. The highest BCUT2D eigenvalue weighted by Gasteiger charge is 2.23. The van der Waals surface area contributed by atoms with Gasteiger partial charge in [-0.25, -0.2) is 8.42 Å². The zero-order valence-corrected chi connectivity index (χ0v) is 14.9. The van der Waals surface area contributed by atoms with Gasteiger partial charge in [-0.15, -0.1) is 0 Å². The topological polar surface area (TPSA) is 103 Å². The van der Waals surface area contributed by atoms with Gasteiger partial charge in [-0.3, -0.25) is 4.68 Å². The molecule has 0 aliphatic heterocycles. The first-order valence-corrected chi connectivity index (χ1v) is 9.42. The van der Waals surface area contributed by atoms with Gasteiger partial charge in [-0.05, 0) is 6.92 Å². The van der Waals surface area contributed by atoms with E-state index in [4.69, 9.17) is 4.52 Å². The summed E-state index contributed by atoms with van der Waals surface area (Å²) in [6.07, 6.45) is 2.94. The average molecular weight is 341 g/mol. The van der Waals surface area contributed by atoms with Gasteiger partial charge in [-0.1, -0.05) is 25.9 Å². The second-order valence-electron chi connectivity index (χ2n) is 6.67. The Hall–Kier alpha value is -1.90. The Morgan fingerprint density at radius 1 is 1.39 bits per heavy atom. The van der Waals surface area contributed by atoms with E-state index in [1.165, 1.54) is 6.26 Å². The summed E-state index contributed by atoms with van der Waals surface area (Å²) in [5.41, 5.74) is -0.172. The molecule has 0 aliphatic carbocycles. The molecule has 0 saturated heterocycles. The van der Waals surface area contributed by atoms with Gasteiger partial charge < -0.3 is 9.84 Å². The first-order chi connectivity index (χ1) is 10.5. The van der Waals surface area contributed by atoms with Crippen molar-refractivity contribution < 1.29 is 12.9 Å². The van der Waals surface area contributed by atoms with Gasteiger partial charge in [0.15, 0.2) is 5.82 Å². The minimum absolute atomic E-state index is 0.0578. The van der Waals surface area contributed by atoms with E-state index in [0.29, 0.717) is 24.1 Å². The lowest BCUT2D eigenvalue weighted by Gasteiger charge is -2.11. The van der Waals surface area contributed by atoms with Gasteiger partial charge in [0.25, 0.3) is 0 Å². The predicted molar refractivity (Wildman–Crippen MR) is 87.0 cm³/mol. The molecule has 0 saturated carbocycles. The quantitative estimate of drug-likeness (QED) is 0.854. The van der Waals surface area contributed by atoms with Crippen LogP contribution in [0.5, 0.6) is 0 Å². The van der Waals surface area contributed by atoms with Crippen LogP contribution in [0.15, 0.2) is 16.8 Å². The molecular formula is C14H23N5O3S. The molecule has 0 radical (unpaired) electrons. The van der Waals surface area contributed by atoms with E-state index in [9.17, 15) is 8.42 Å². The van der Waals surface area contributed by atoms with Crippen molar-refractivity contribution >= 4 is 15.7 Å². The lowest BCUT2D eigenvalue weighted by atomic mass is 9.96. The fourth-order valence-corrected chi connectivity index (χ4v) is 2.34. The Bertz CT molecular complexity index is 757. The maximum atomic E-state index is 11.2. The molecule has 2 aromatic rings. The minimum atomic E-state index is -3.00. The number of hydrogen-bond donors (Lipinski definition) is 1. The van der Waals surface area contributed by atoms with Crippen molar-refractivity contribution in [1.82, 2.24) is 19.9 Å². The van der Waals surface area contributed by atoms with Crippen molar-refractivity contribution in [2.75, 3.05) is 17.3 Å². The van der Waals surface area contributed by atoms with Gasteiger partial charge in [0.2, 0.25) is 5.89 Å². The highest BCUT2D eigenvalue weighted by atomic mass is 32.2. The van der Waals surface area contributed by atoms with E-state index in [1.54, 1.807) is 16.9 Å². The van der Waals surface area contributed by atoms with Gasteiger partial charge in [-0.2, -0.15) is 10.1 Å². The molecule has 0 aliphatic rings. The number of rotatable bonds is 6. The first kappa shape index (κ1) is 17.5. The Labute approximate surface area is 136 Å². The maximum absolute atomic E-state index is 11.2. The number of hydrogen-bond acceptors (Lipinski definition) is 7. The zero-order chi connectivity index (χ0) is 17.3. The average Bonchev–Trinajstić information content (AvgIpc) is 3.03. The molecule has 0 bridgehead atoms. The van der Waals surface area contributed by atoms with Crippen LogP contribution in [0, 0.1) is 0 Å². The van der Waals surface area contributed by atoms with E-state index in [-0.39, 0.29) is 17.2 Å². The van der Waals surface area contributed by atoms with Crippen LogP contribution in [0.2, 0.25) is 0 Å². The molecule has 2 aromatic heterocycles. The lowest BCUT2D eigenvalue weighted by Crippen LogP contribution is -2.14. The molecule has 1 N–H and O–H groups in total. The lowest BCUT2D eigenvalue weighted by molar-refractivity contribution is 0.354. The SMILES string of the molecule is C[C@@H](Nc1ccn(CCS(C)(=O)=O)n1)c1nc(C(C)(C)C)no1. The molecule has 0 aromatic carbocycles. The van der Waals surface area contributed by atoms with Gasteiger partial charge in [0, 0.05) is 23.9 Å². The number of sulfone groups is 1. The van der Waals surface area contributed by atoms with Crippen LogP contribution in [-0.4, -0.2) is 40.3 Å². The Morgan fingerprint density at radius 3 is 2.65 bits per heavy atom.